The van der Waals surface area contributed by atoms with Gasteiger partial charge in [-0.25, -0.2) is 4.39 Å². The van der Waals surface area contributed by atoms with Gasteiger partial charge in [0.15, 0.2) is 10.1 Å². The van der Waals surface area contributed by atoms with Gasteiger partial charge in [0, 0.05) is 28.6 Å². The minimum Gasteiger partial charge on any atom is -0.451 e. The van der Waals surface area contributed by atoms with Crippen LogP contribution in [0.3, 0.4) is 0 Å². The Morgan fingerprint density at radius 1 is 1.06 bits per heavy atom. The lowest BCUT2D eigenvalue weighted by atomic mass is 10.1. The topological polar surface area (TPSA) is 72.1 Å². The molecule has 0 unspecified atom stereocenters. The van der Waals surface area contributed by atoms with Crippen LogP contribution in [0.2, 0.25) is 0 Å². The molecule has 6 nitrogen and oxygen atoms in total. The van der Waals surface area contributed by atoms with E-state index in [1.165, 1.54) is 35.2 Å². The summed E-state index contributed by atoms with van der Waals surface area (Å²) in [6.07, 6.45) is 1.68. The highest BCUT2D eigenvalue weighted by Gasteiger charge is 2.27. The number of anilines is 1. The summed E-state index contributed by atoms with van der Waals surface area (Å²) in [7, 11) is 0. The maximum absolute atomic E-state index is 13.9. The average Bonchev–Trinajstić information content (AvgIpc) is 3.45. The SMILES string of the molecule is Cc1nnc(SCc2c(C(=O)N(Cc3ccccn3)c3ccc(F)cc3)oc3ccccc23)s1. The van der Waals surface area contributed by atoms with E-state index in [2.05, 4.69) is 15.2 Å². The molecule has 3 aromatic heterocycles. The van der Waals surface area contributed by atoms with Crippen molar-refractivity contribution in [3.8, 4) is 0 Å². The first-order valence-corrected chi connectivity index (χ1v) is 12.3. The minimum absolute atomic E-state index is 0.213. The fourth-order valence-electron chi connectivity index (χ4n) is 3.56. The van der Waals surface area contributed by atoms with Crippen LogP contribution in [0.15, 0.2) is 81.7 Å². The van der Waals surface area contributed by atoms with Crippen LogP contribution >= 0.6 is 23.1 Å². The lowest BCUT2D eigenvalue weighted by molar-refractivity contribution is 0.0959. The molecular weight excluding hydrogens is 471 g/mol. The van der Waals surface area contributed by atoms with Crippen molar-refractivity contribution >= 4 is 45.7 Å². The zero-order chi connectivity index (χ0) is 23.5. The molecular formula is C25H19FN4O2S2. The summed E-state index contributed by atoms with van der Waals surface area (Å²) >= 11 is 3.02. The molecule has 0 radical (unpaired) electrons. The number of halogens is 1. The maximum atomic E-state index is 13.9. The molecule has 0 atom stereocenters. The molecule has 5 rings (SSSR count). The lowest BCUT2D eigenvalue weighted by Gasteiger charge is -2.22. The van der Waals surface area contributed by atoms with Crippen molar-refractivity contribution in [2.24, 2.45) is 0 Å². The Hall–Kier alpha value is -3.56. The molecule has 0 aliphatic carbocycles. The van der Waals surface area contributed by atoms with Gasteiger partial charge >= 0.3 is 0 Å². The number of thioether (sulfide) groups is 1. The van der Waals surface area contributed by atoms with E-state index in [4.69, 9.17) is 4.42 Å². The molecule has 3 heterocycles. The Labute approximate surface area is 203 Å². The molecule has 0 saturated heterocycles. The number of aromatic nitrogens is 3. The van der Waals surface area contributed by atoms with Gasteiger partial charge in [-0.2, -0.15) is 0 Å². The Bertz CT molecular complexity index is 1430. The van der Waals surface area contributed by atoms with Crippen LogP contribution in [0.1, 0.15) is 26.8 Å². The molecule has 0 N–H and O–H groups in total. The van der Waals surface area contributed by atoms with E-state index in [-0.39, 0.29) is 24.0 Å². The summed E-state index contributed by atoms with van der Waals surface area (Å²) in [5, 5.41) is 10.0. The molecule has 0 spiro atoms. The molecule has 170 valence electrons. The summed E-state index contributed by atoms with van der Waals surface area (Å²) in [6.45, 7) is 2.12. The number of aryl methyl sites for hydroxylation is 1. The van der Waals surface area contributed by atoms with Crippen molar-refractivity contribution in [1.29, 1.82) is 0 Å². The van der Waals surface area contributed by atoms with E-state index in [9.17, 15) is 9.18 Å². The number of amides is 1. The van der Waals surface area contributed by atoms with Gasteiger partial charge in [0.05, 0.1) is 12.2 Å². The largest absolute Gasteiger partial charge is 0.451 e. The highest BCUT2D eigenvalue weighted by Crippen LogP contribution is 2.34. The van der Waals surface area contributed by atoms with Crippen molar-refractivity contribution in [3.63, 3.8) is 0 Å². The van der Waals surface area contributed by atoms with Gasteiger partial charge in [-0.05, 0) is 49.4 Å². The van der Waals surface area contributed by atoms with Crippen LogP contribution < -0.4 is 4.90 Å². The Morgan fingerprint density at radius 3 is 2.59 bits per heavy atom. The van der Waals surface area contributed by atoms with E-state index in [1.54, 1.807) is 23.2 Å². The number of nitrogens with zero attached hydrogens (tertiary/aromatic N) is 4. The fourth-order valence-corrected chi connectivity index (χ4v) is 5.41. The number of rotatable bonds is 7. The van der Waals surface area contributed by atoms with Crippen LogP contribution in [-0.4, -0.2) is 21.1 Å². The number of fused-ring (bicyclic) bond motifs is 1. The third kappa shape index (κ3) is 4.71. The van der Waals surface area contributed by atoms with Crippen molar-refractivity contribution < 1.29 is 13.6 Å². The molecule has 0 bridgehead atoms. The number of carbonyl (C=O) groups is 1. The molecule has 0 fully saturated rings. The number of pyridine rings is 1. The molecule has 2 aromatic carbocycles. The third-order valence-corrected chi connectivity index (χ3v) is 7.17. The van der Waals surface area contributed by atoms with Gasteiger partial charge < -0.3 is 4.42 Å². The van der Waals surface area contributed by atoms with Crippen molar-refractivity contribution in [2.45, 2.75) is 23.6 Å². The summed E-state index contributed by atoms with van der Waals surface area (Å²) < 4.78 is 20.5. The number of para-hydroxylation sites is 1. The average molecular weight is 491 g/mol. The van der Waals surface area contributed by atoms with Crippen molar-refractivity contribution in [2.75, 3.05) is 4.90 Å². The molecule has 1 amide bonds. The molecule has 0 aliphatic rings. The number of benzene rings is 2. The summed E-state index contributed by atoms with van der Waals surface area (Å²) in [5.41, 5.74) is 2.67. The van der Waals surface area contributed by atoms with Crippen LogP contribution in [-0.2, 0) is 12.3 Å². The van der Waals surface area contributed by atoms with E-state index in [0.29, 0.717) is 22.7 Å². The number of hydrogen-bond donors (Lipinski definition) is 0. The van der Waals surface area contributed by atoms with Crippen LogP contribution in [0.5, 0.6) is 0 Å². The molecule has 5 aromatic rings. The highest BCUT2D eigenvalue weighted by atomic mass is 32.2. The second kappa shape index (κ2) is 9.74. The first kappa shape index (κ1) is 22.2. The lowest BCUT2D eigenvalue weighted by Crippen LogP contribution is -2.31. The van der Waals surface area contributed by atoms with Gasteiger partial charge in [-0.1, -0.05) is 47.4 Å². The predicted octanol–water partition coefficient (Wildman–Crippen LogP) is 6.27. The van der Waals surface area contributed by atoms with Crippen LogP contribution in [0.25, 0.3) is 11.0 Å². The smallest absolute Gasteiger partial charge is 0.294 e. The standard InChI is InChI=1S/C25H19FN4O2S2/c1-16-28-29-25(34-16)33-15-21-20-7-2-3-8-22(20)32-23(21)24(31)30(14-18-6-4-5-13-27-18)19-11-9-17(26)10-12-19/h2-13H,14-15H2,1H3. The summed E-state index contributed by atoms with van der Waals surface area (Å²) in [5.74, 6) is 0.0444. The number of hydrogen-bond acceptors (Lipinski definition) is 7. The van der Waals surface area contributed by atoms with Crippen LogP contribution in [0, 0.1) is 12.7 Å². The van der Waals surface area contributed by atoms with Crippen LogP contribution in [0.4, 0.5) is 10.1 Å². The maximum Gasteiger partial charge on any atom is 0.294 e. The van der Waals surface area contributed by atoms with Gasteiger partial charge in [0.25, 0.3) is 5.91 Å². The molecule has 9 heteroatoms. The molecule has 34 heavy (non-hydrogen) atoms. The molecule has 0 saturated carbocycles. The quantitative estimate of drug-likeness (QED) is 0.251. The second-order valence-corrected chi connectivity index (χ2v) is 9.87. The Morgan fingerprint density at radius 2 is 1.85 bits per heavy atom. The number of carbonyl (C=O) groups excluding carboxylic acids is 1. The molecule has 0 aliphatic heterocycles. The second-order valence-electron chi connectivity index (χ2n) is 7.47. The van der Waals surface area contributed by atoms with Gasteiger partial charge in [-0.3, -0.25) is 14.7 Å². The highest BCUT2D eigenvalue weighted by molar-refractivity contribution is 8.00. The number of furan rings is 1. The first-order chi connectivity index (χ1) is 16.6. The summed E-state index contributed by atoms with van der Waals surface area (Å²) in [4.78, 5) is 19.8. The first-order valence-electron chi connectivity index (χ1n) is 10.5. The summed E-state index contributed by atoms with van der Waals surface area (Å²) in [6, 6.07) is 18.9. The van der Waals surface area contributed by atoms with E-state index in [0.717, 1.165) is 20.3 Å². The Kier molecular flexibility index (Phi) is 6.37. The minimum atomic E-state index is -0.373. The zero-order valence-corrected chi connectivity index (χ0v) is 19.8. The van der Waals surface area contributed by atoms with E-state index >= 15 is 0 Å². The monoisotopic (exact) mass is 490 g/mol. The Balaban J connectivity index is 1.55. The van der Waals surface area contributed by atoms with Gasteiger partial charge in [0.1, 0.15) is 16.4 Å². The van der Waals surface area contributed by atoms with E-state index < -0.39 is 0 Å². The zero-order valence-electron chi connectivity index (χ0n) is 18.1. The predicted molar refractivity (Wildman–Crippen MR) is 132 cm³/mol. The van der Waals surface area contributed by atoms with Gasteiger partial charge in [0.2, 0.25) is 0 Å². The fraction of sp³-hybridized carbons (Fsp3) is 0.120. The van der Waals surface area contributed by atoms with Gasteiger partial charge in [-0.15, -0.1) is 10.2 Å². The third-order valence-electron chi connectivity index (χ3n) is 5.17. The van der Waals surface area contributed by atoms with Crippen molar-refractivity contribution in [3.05, 3.63) is 101 Å². The van der Waals surface area contributed by atoms with Crippen molar-refractivity contribution in [1.82, 2.24) is 15.2 Å². The van der Waals surface area contributed by atoms with E-state index in [1.807, 2.05) is 49.4 Å². The normalized spacial score (nSPS) is 11.1.